The molecule has 1 atom stereocenters. The molecular weight excluding hydrogens is 346 g/mol. The van der Waals surface area contributed by atoms with Gasteiger partial charge in [-0.1, -0.05) is 12.1 Å². The first kappa shape index (κ1) is 18.7. The molecule has 142 valence electrons. The van der Waals surface area contributed by atoms with Gasteiger partial charge in [0, 0.05) is 12.1 Å². The molecule has 0 aliphatic carbocycles. The Balaban J connectivity index is 1.68. The number of benzene rings is 2. The van der Waals surface area contributed by atoms with Crippen LogP contribution in [0.15, 0.2) is 42.5 Å². The van der Waals surface area contributed by atoms with Crippen LogP contribution in [0, 0.1) is 0 Å². The first-order valence-corrected chi connectivity index (χ1v) is 8.63. The van der Waals surface area contributed by atoms with Crippen LogP contribution in [0.5, 0.6) is 5.75 Å². The number of carbonyl (C=O) groups is 2. The van der Waals surface area contributed by atoms with Crippen LogP contribution in [0.1, 0.15) is 29.8 Å². The Morgan fingerprint density at radius 1 is 1.19 bits per heavy atom. The lowest BCUT2D eigenvalue weighted by Gasteiger charge is -2.34. The number of rotatable bonds is 5. The minimum absolute atomic E-state index is 0.243. The first-order chi connectivity index (χ1) is 12.8. The maximum Gasteiger partial charge on any atom is 0.251 e. The summed E-state index contributed by atoms with van der Waals surface area (Å²) >= 11 is 0. The van der Waals surface area contributed by atoms with Crippen molar-refractivity contribution in [1.82, 2.24) is 5.32 Å². The third-order valence-electron chi connectivity index (χ3n) is 4.42. The SMILES string of the molecule is COc1ccc(CNC(=O)c2ccc3c(c2)NC(=O)[C@H](C(C)(C)O)N3)cc1. The van der Waals surface area contributed by atoms with Gasteiger partial charge in [-0.05, 0) is 49.7 Å². The highest BCUT2D eigenvalue weighted by Gasteiger charge is 2.36. The van der Waals surface area contributed by atoms with Gasteiger partial charge in [0.1, 0.15) is 11.8 Å². The van der Waals surface area contributed by atoms with Gasteiger partial charge in [0.2, 0.25) is 5.91 Å². The molecule has 2 aromatic rings. The Bertz CT molecular complexity index is 857. The predicted molar refractivity (Wildman–Crippen MR) is 103 cm³/mol. The van der Waals surface area contributed by atoms with Crippen LogP contribution < -0.4 is 20.7 Å². The second-order valence-corrected chi connectivity index (χ2v) is 7.01. The van der Waals surface area contributed by atoms with E-state index in [4.69, 9.17) is 4.74 Å². The molecule has 0 aromatic heterocycles. The van der Waals surface area contributed by atoms with Crippen LogP contribution in [0.25, 0.3) is 0 Å². The molecular formula is C20H23N3O4. The van der Waals surface area contributed by atoms with Crippen molar-refractivity contribution in [3.63, 3.8) is 0 Å². The predicted octanol–water partition coefficient (Wildman–Crippen LogP) is 2.13. The molecule has 1 heterocycles. The Hall–Kier alpha value is -3.06. The van der Waals surface area contributed by atoms with Crippen LogP contribution in [0.4, 0.5) is 11.4 Å². The molecule has 2 aromatic carbocycles. The van der Waals surface area contributed by atoms with Crippen molar-refractivity contribution in [2.45, 2.75) is 32.0 Å². The van der Waals surface area contributed by atoms with Gasteiger partial charge in [0.05, 0.1) is 24.1 Å². The molecule has 0 saturated heterocycles. The molecule has 2 amide bonds. The van der Waals surface area contributed by atoms with Gasteiger partial charge in [0.25, 0.3) is 5.91 Å². The molecule has 0 radical (unpaired) electrons. The Morgan fingerprint density at radius 3 is 2.52 bits per heavy atom. The quantitative estimate of drug-likeness (QED) is 0.647. The van der Waals surface area contributed by atoms with Crippen LogP contribution >= 0.6 is 0 Å². The third kappa shape index (κ3) is 4.20. The zero-order chi connectivity index (χ0) is 19.6. The number of fused-ring (bicyclic) bond motifs is 1. The molecule has 0 unspecified atom stereocenters. The molecule has 0 fully saturated rings. The number of carbonyl (C=O) groups excluding carboxylic acids is 2. The third-order valence-corrected chi connectivity index (χ3v) is 4.42. The van der Waals surface area contributed by atoms with Crippen molar-refractivity contribution < 1.29 is 19.4 Å². The standard InChI is InChI=1S/C20H23N3O4/c1-20(2,26)17-19(25)23-16-10-13(6-9-15(16)22-17)18(24)21-11-12-4-7-14(27-3)8-5-12/h4-10,17,22,26H,11H2,1-3H3,(H,21,24)(H,23,25)/t17-/m1/s1. The van der Waals surface area contributed by atoms with E-state index in [-0.39, 0.29) is 11.8 Å². The monoisotopic (exact) mass is 369 g/mol. The molecule has 0 bridgehead atoms. The largest absolute Gasteiger partial charge is 0.497 e. The van der Waals surface area contributed by atoms with E-state index in [1.807, 2.05) is 24.3 Å². The summed E-state index contributed by atoms with van der Waals surface area (Å²) < 4.78 is 5.11. The minimum Gasteiger partial charge on any atom is -0.497 e. The second-order valence-electron chi connectivity index (χ2n) is 7.01. The van der Waals surface area contributed by atoms with Gasteiger partial charge in [-0.2, -0.15) is 0 Å². The summed E-state index contributed by atoms with van der Waals surface area (Å²) in [5.74, 6) is 0.172. The Labute approximate surface area is 157 Å². The summed E-state index contributed by atoms with van der Waals surface area (Å²) in [5, 5.41) is 18.7. The number of nitrogens with one attached hydrogen (secondary N) is 3. The highest BCUT2D eigenvalue weighted by molar-refractivity contribution is 6.05. The lowest BCUT2D eigenvalue weighted by Crippen LogP contribution is -2.52. The highest BCUT2D eigenvalue weighted by atomic mass is 16.5. The summed E-state index contributed by atoms with van der Waals surface area (Å²) in [6.45, 7) is 3.51. The minimum atomic E-state index is -1.21. The van der Waals surface area contributed by atoms with Gasteiger partial charge in [-0.3, -0.25) is 9.59 Å². The molecule has 0 spiro atoms. The summed E-state index contributed by atoms with van der Waals surface area (Å²) in [7, 11) is 1.60. The molecule has 0 saturated carbocycles. The smallest absolute Gasteiger partial charge is 0.251 e. The van der Waals surface area contributed by atoms with Gasteiger partial charge >= 0.3 is 0 Å². The van der Waals surface area contributed by atoms with E-state index in [2.05, 4.69) is 16.0 Å². The van der Waals surface area contributed by atoms with E-state index in [1.54, 1.807) is 39.2 Å². The Kier molecular flexibility index (Phi) is 5.05. The fourth-order valence-electron chi connectivity index (χ4n) is 2.87. The van der Waals surface area contributed by atoms with E-state index in [0.29, 0.717) is 23.5 Å². The van der Waals surface area contributed by atoms with E-state index in [1.165, 1.54) is 0 Å². The summed E-state index contributed by atoms with van der Waals surface area (Å²) in [6, 6.07) is 11.7. The van der Waals surface area contributed by atoms with E-state index < -0.39 is 11.6 Å². The van der Waals surface area contributed by atoms with Gasteiger partial charge in [-0.25, -0.2) is 0 Å². The topological polar surface area (TPSA) is 99.7 Å². The highest BCUT2D eigenvalue weighted by Crippen LogP contribution is 2.30. The number of methoxy groups -OCH3 is 1. The maximum absolute atomic E-state index is 12.4. The van der Waals surface area contributed by atoms with Crippen LogP contribution in [0.2, 0.25) is 0 Å². The molecule has 7 heteroatoms. The number of amides is 2. The molecule has 4 N–H and O–H groups in total. The average molecular weight is 369 g/mol. The van der Waals surface area contributed by atoms with Crippen molar-refractivity contribution in [3.8, 4) is 5.75 Å². The summed E-state index contributed by atoms with van der Waals surface area (Å²) in [5.41, 5.74) is 1.35. The fourth-order valence-corrected chi connectivity index (χ4v) is 2.87. The molecule has 27 heavy (non-hydrogen) atoms. The molecule has 1 aliphatic rings. The number of hydrogen-bond acceptors (Lipinski definition) is 5. The molecule has 3 rings (SSSR count). The van der Waals surface area contributed by atoms with E-state index in [9.17, 15) is 14.7 Å². The van der Waals surface area contributed by atoms with Gasteiger partial charge in [-0.15, -0.1) is 0 Å². The van der Waals surface area contributed by atoms with Crippen LogP contribution in [-0.2, 0) is 11.3 Å². The number of aliphatic hydroxyl groups is 1. The van der Waals surface area contributed by atoms with Gasteiger partial charge < -0.3 is 25.8 Å². The van der Waals surface area contributed by atoms with Crippen LogP contribution in [0.3, 0.4) is 0 Å². The average Bonchev–Trinajstić information content (AvgIpc) is 2.64. The van der Waals surface area contributed by atoms with Crippen molar-refractivity contribution in [2.24, 2.45) is 0 Å². The van der Waals surface area contributed by atoms with Crippen molar-refractivity contribution >= 4 is 23.2 Å². The number of anilines is 2. The van der Waals surface area contributed by atoms with Crippen molar-refractivity contribution in [2.75, 3.05) is 17.7 Å². The Morgan fingerprint density at radius 2 is 1.89 bits per heavy atom. The van der Waals surface area contributed by atoms with E-state index >= 15 is 0 Å². The molecule has 1 aliphatic heterocycles. The number of ether oxygens (including phenoxy) is 1. The zero-order valence-electron chi connectivity index (χ0n) is 15.5. The number of hydrogen-bond donors (Lipinski definition) is 4. The second kappa shape index (κ2) is 7.28. The van der Waals surface area contributed by atoms with Crippen LogP contribution in [-0.4, -0.2) is 35.7 Å². The maximum atomic E-state index is 12.4. The van der Waals surface area contributed by atoms with Crippen molar-refractivity contribution in [3.05, 3.63) is 53.6 Å². The first-order valence-electron chi connectivity index (χ1n) is 8.63. The van der Waals surface area contributed by atoms with E-state index in [0.717, 1.165) is 11.3 Å². The zero-order valence-corrected chi connectivity index (χ0v) is 15.5. The summed E-state index contributed by atoms with van der Waals surface area (Å²) in [4.78, 5) is 24.6. The van der Waals surface area contributed by atoms with Gasteiger partial charge in [0.15, 0.2) is 0 Å². The summed E-state index contributed by atoms with van der Waals surface area (Å²) in [6.07, 6.45) is 0. The van der Waals surface area contributed by atoms with Crippen molar-refractivity contribution in [1.29, 1.82) is 0 Å². The normalized spacial score (nSPS) is 16.0. The fraction of sp³-hybridized carbons (Fsp3) is 0.300. The lowest BCUT2D eigenvalue weighted by molar-refractivity contribution is -0.121. The lowest BCUT2D eigenvalue weighted by atomic mass is 9.95. The molecule has 7 nitrogen and oxygen atoms in total.